The van der Waals surface area contributed by atoms with E-state index in [1.54, 1.807) is 0 Å². The molecule has 1 unspecified atom stereocenters. The van der Waals surface area contributed by atoms with E-state index in [9.17, 15) is 0 Å². The van der Waals surface area contributed by atoms with Crippen LogP contribution in [0.5, 0.6) is 0 Å². The lowest BCUT2D eigenvalue weighted by molar-refractivity contribution is 0.236. The molecule has 0 saturated carbocycles. The van der Waals surface area contributed by atoms with E-state index < -0.39 is 0 Å². The summed E-state index contributed by atoms with van der Waals surface area (Å²) < 4.78 is 1.22. The Labute approximate surface area is 119 Å². The van der Waals surface area contributed by atoms with Crippen LogP contribution in [0.3, 0.4) is 0 Å². The summed E-state index contributed by atoms with van der Waals surface area (Å²) in [5, 5.41) is 7.19. The van der Waals surface area contributed by atoms with Gasteiger partial charge in [-0.2, -0.15) is 0 Å². The summed E-state index contributed by atoms with van der Waals surface area (Å²) in [6.07, 6.45) is 1.18. The second-order valence-electron chi connectivity index (χ2n) is 6.07. The second-order valence-corrected chi connectivity index (χ2v) is 6.87. The number of anilines is 1. The van der Waals surface area contributed by atoms with Crippen molar-refractivity contribution in [2.45, 2.75) is 40.2 Å². The highest BCUT2D eigenvalue weighted by Gasteiger charge is 2.32. The van der Waals surface area contributed by atoms with E-state index in [0.717, 1.165) is 13.1 Å². The summed E-state index contributed by atoms with van der Waals surface area (Å²) in [4.78, 5) is 0. The first-order chi connectivity index (χ1) is 8.40. The molecule has 1 atom stereocenters. The van der Waals surface area contributed by atoms with Crippen molar-refractivity contribution < 1.29 is 0 Å². The highest BCUT2D eigenvalue weighted by Crippen LogP contribution is 2.30. The molecule has 1 aliphatic rings. The number of hydrogen-bond acceptors (Lipinski definition) is 2. The summed E-state index contributed by atoms with van der Waals surface area (Å²) in [5.41, 5.74) is 4.13. The molecule has 18 heavy (non-hydrogen) atoms. The molecule has 0 amide bonds. The molecule has 2 rings (SSSR count). The van der Waals surface area contributed by atoms with E-state index in [1.165, 1.54) is 27.7 Å². The molecule has 1 aromatic rings. The Morgan fingerprint density at radius 2 is 1.89 bits per heavy atom. The molecule has 0 radical (unpaired) electrons. The monoisotopic (exact) mass is 310 g/mol. The van der Waals surface area contributed by atoms with E-state index in [2.05, 4.69) is 66.4 Å². The third-order valence-electron chi connectivity index (χ3n) is 3.91. The first-order valence-corrected chi connectivity index (χ1v) is 7.43. The van der Waals surface area contributed by atoms with Crippen LogP contribution in [0, 0.1) is 19.3 Å². The van der Waals surface area contributed by atoms with Gasteiger partial charge >= 0.3 is 0 Å². The largest absolute Gasteiger partial charge is 0.382 e. The van der Waals surface area contributed by atoms with Crippen LogP contribution in [0.2, 0.25) is 0 Å². The predicted molar refractivity (Wildman–Crippen MR) is 82.3 cm³/mol. The fourth-order valence-electron chi connectivity index (χ4n) is 2.67. The molecule has 2 nitrogen and oxygen atoms in total. The Bertz CT molecular complexity index is 417. The van der Waals surface area contributed by atoms with E-state index in [1.807, 2.05) is 0 Å². The summed E-state index contributed by atoms with van der Waals surface area (Å²) in [5.74, 6) is 0. The van der Waals surface area contributed by atoms with Crippen LogP contribution >= 0.6 is 15.9 Å². The van der Waals surface area contributed by atoms with E-state index >= 15 is 0 Å². The van der Waals surface area contributed by atoms with Gasteiger partial charge in [-0.1, -0.05) is 29.8 Å². The van der Waals surface area contributed by atoms with Crippen LogP contribution < -0.4 is 10.6 Å². The summed E-state index contributed by atoms with van der Waals surface area (Å²) in [6.45, 7) is 11.1. The van der Waals surface area contributed by atoms with Gasteiger partial charge in [-0.05, 0) is 55.5 Å². The fourth-order valence-corrected chi connectivity index (χ4v) is 2.90. The van der Waals surface area contributed by atoms with Gasteiger partial charge in [0.15, 0.2) is 0 Å². The Morgan fingerprint density at radius 3 is 2.44 bits per heavy atom. The fraction of sp³-hybridized carbons (Fsp3) is 0.600. The Hall–Kier alpha value is -0.540. The first kappa shape index (κ1) is 13.9. The maximum atomic E-state index is 3.72. The van der Waals surface area contributed by atoms with Crippen LogP contribution in [0.15, 0.2) is 16.6 Å². The molecule has 1 fully saturated rings. The van der Waals surface area contributed by atoms with Crippen molar-refractivity contribution in [2.75, 3.05) is 18.4 Å². The van der Waals surface area contributed by atoms with Gasteiger partial charge < -0.3 is 10.6 Å². The third kappa shape index (κ3) is 2.89. The van der Waals surface area contributed by atoms with Gasteiger partial charge in [0.1, 0.15) is 0 Å². The van der Waals surface area contributed by atoms with Gasteiger partial charge in [0.05, 0.1) is 0 Å². The standard InChI is InChI=1S/C15H23BrN2/c1-10-7-12(8-11(2)14(10)16)18-13-5-6-17-9-15(13,3)4/h7-8,13,17-18H,5-6,9H2,1-4H3. The normalized spacial score (nSPS) is 22.8. The molecular weight excluding hydrogens is 288 g/mol. The number of benzene rings is 1. The SMILES string of the molecule is Cc1cc(NC2CCNCC2(C)C)cc(C)c1Br. The molecule has 2 N–H and O–H groups in total. The first-order valence-electron chi connectivity index (χ1n) is 6.64. The topological polar surface area (TPSA) is 24.1 Å². The number of nitrogens with one attached hydrogen (secondary N) is 2. The smallest absolute Gasteiger partial charge is 0.0348 e. The Morgan fingerprint density at radius 1 is 1.28 bits per heavy atom. The van der Waals surface area contributed by atoms with Crippen molar-refractivity contribution in [2.24, 2.45) is 5.41 Å². The summed E-state index contributed by atoms with van der Waals surface area (Å²) in [7, 11) is 0. The van der Waals surface area contributed by atoms with Crippen molar-refractivity contribution >= 4 is 21.6 Å². The number of halogens is 1. The maximum absolute atomic E-state index is 3.72. The lowest BCUT2D eigenvalue weighted by Crippen LogP contribution is -2.49. The lowest BCUT2D eigenvalue weighted by Gasteiger charge is -2.40. The number of piperidine rings is 1. The molecule has 0 aliphatic carbocycles. The molecule has 0 spiro atoms. The molecule has 0 bridgehead atoms. The molecule has 1 heterocycles. The van der Waals surface area contributed by atoms with Crippen molar-refractivity contribution in [1.82, 2.24) is 5.32 Å². The predicted octanol–water partition coefficient (Wildman–Crippen LogP) is 3.87. The van der Waals surface area contributed by atoms with Crippen LogP contribution in [0.25, 0.3) is 0 Å². The van der Waals surface area contributed by atoms with Crippen LogP contribution in [0.4, 0.5) is 5.69 Å². The summed E-state index contributed by atoms with van der Waals surface area (Å²) in [6, 6.07) is 5.00. The average Bonchev–Trinajstić information content (AvgIpc) is 2.28. The zero-order valence-corrected chi connectivity index (χ0v) is 13.3. The molecule has 0 aromatic heterocycles. The molecular formula is C15H23BrN2. The molecule has 3 heteroatoms. The molecule has 1 aromatic carbocycles. The van der Waals surface area contributed by atoms with Crippen molar-refractivity contribution in [3.8, 4) is 0 Å². The zero-order valence-electron chi connectivity index (χ0n) is 11.7. The summed E-state index contributed by atoms with van der Waals surface area (Å²) >= 11 is 3.62. The van der Waals surface area contributed by atoms with Crippen LogP contribution in [-0.4, -0.2) is 19.1 Å². The van der Waals surface area contributed by atoms with Gasteiger partial charge in [0, 0.05) is 22.7 Å². The zero-order chi connectivity index (χ0) is 13.3. The van der Waals surface area contributed by atoms with Gasteiger partial charge in [-0.3, -0.25) is 0 Å². The Balaban J connectivity index is 2.18. The van der Waals surface area contributed by atoms with E-state index in [-0.39, 0.29) is 0 Å². The maximum Gasteiger partial charge on any atom is 0.0348 e. The van der Waals surface area contributed by atoms with Crippen molar-refractivity contribution in [3.63, 3.8) is 0 Å². The van der Waals surface area contributed by atoms with E-state index in [4.69, 9.17) is 0 Å². The quantitative estimate of drug-likeness (QED) is 0.866. The van der Waals surface area contributed by atoms with Gasteiger partial charge in [-0.25, -0.2) is 0 Å². The molecule has 1 saturated heterocycles. The average molecular weight is 311 g/mol. The van der Waals surface area contributed by atoms with Crippen LogP contribution in [-0.2, 0) is 0 Å². The molecule has 1 aliphatic heterocycles. The van der Waals surface area contributed by atoms with Gasteiger partial charge in [-0.15, -0.1) is 0 Å². The Kier molecular flexibility index (Phi) is 4.02. The highest BCUT2D eigenvalue weighted by atomic mass is 79.9. The lowest BCUT2D eigenvalue weighted by atomic mass is 9.80. The number of rotatable bonds is 2. The van der Waals surface area contributed by atoms with Gasteiger partial charge in [0.25, 0.3) is 0 Å². The minimum Gasteiger partial charge on any atom is -0.382 e. The second kappa shape index (κ2) is 5.22. The molecule has 100 valence electrons. The minimum atomic E-state index is 0.299. The number of hydrogen-bond donors (Lipinski definition) is 2. The highest BCUT2D eigenvalue weighted by molar-refractivity contribution is 9.10. The van der Waals surface area contributed by atoms with Gasteiger partial charge in [0.2, 0.25) is 0 Å². The van der Waals surface area contributed by atoms with Crippen molar-refractivity contribution in [1.29, 1.82) is 0 Å². The van der Waals surface area contributed by atoms with Crippen molar-refractivity contribution in [3.05, 3.63) is 27.7 Å². The third-order valence-corrected chi connectivity index (χ3v) is 5.16. The van der Waals surface area contributed by atoms with E-state index in [0.29, 0.717) is 11.5 Å². The minimum absolute atomic E-state index is 0.299. The number of aryl methyl sites for hydroxylation is 2. The van der Waals surface area contributed by atoms with Crippen LogP contribution in [0.1, 0.15) is 31.4 Å².